The number of rotatable bonds is 4. The number of nitriles is 1. The third-order valence-corrected chi connectivity index (χ3v) is 5.91. The predicted molar refractivity (Wildman–Crippen MR) is 103 cm³/mol. The van der Waals surface area contributed by atoms with Crippen molar-refractivity contribution in [3.63, 3.8) is 0 Å². The van der Waals surface area contributed by atoms with Crippen molar-refractivity contribution in [1.29, 1.82) is 5.26 Å². The topological polar surface area (TPSA) is 41.6 Å². The molecule has 1 saturated carbocycles. The molecule has 4 rings (SSSR count). The fraction of sp³-hybridized carbons (Fsp3) is 0.304. The van der Waals surface area contributed by atoms with Crippen molar-refractivity contribution >= 4 is 0 Å². The number of hydrogen-bond acceptors (Lipinski definition) is 2. The van der Waals surface area contributed by atoms with E-state index in [1.54, 1.807) is 0 Å². The lowest BCUT2D eigenvalue weighted by Gasteiger charge is -2.34. The van der Waals surface area contributed by atoms with Gasteiger partial charge in [0.15, 0.2) is 0 Å². The molecule has 130 valence electrons. The van der Waals surface area contributed by atoms with Crippen LogP contribution in [0.15, 0.2) is 73.1 Å². The first-order valence-electron chi connectivity index (χ1n) is 9.27. The van der Waals surface area contributed by atoms with Crippen LogP contribution in [0.4, 0.5) is 0 Å². The van der Waals surface area contributed by atoms with Crippen LogP contribution in [0.3, 0.4) is 0 Å². The van der Waals surface area contributed by atoms with Gasteiger partial charge in [-0.25, -0.2) is 4.98 Å². The number of imidazole rings is 1. The SMILES string of the molecule is Cc1nccn1C1CCC(C(C#N)(c2ccccc2)c2ccccc2)C1. The summed E-state index contributed by atoms with van der Waals surface area (Å²) in [4.78, 5) is 4.38. The summed E-state index contributed by atoms with van der Waals surface area (Å²) >= 11 is 0. The Morgan fingerprint density at radius 2 is 1.62 bits per heavy atom. The van der Waals surface area contributed by atoms with Gasteiger partial charge in [-0.1, -0.05) is 60.7 Å². The maximum Gasteiger partial charge on any atom is 0.110 e. The molecular weight excluding hydrogens is 318 g/mol. The van der Waals surface area contributed by atoms with Gasteiger partial charge in [0.2, 0.25) is 0 Å². The van der Waals surface area contributed by atoms with Crippen LogP contribution in [0.2, 0.25) is 0 Å². The van der Waals surface area contributed by atoms with Gasteiger partial charge in [-0.05, 0) is 43.2 Å². The lowest BCUT2D eigenvalue weighted by Crippen LogP contribution is -2.34. The summed E-state index contributed by atoms with van der Waals surface area (Å²) in [6, 6.07) is 23.8. The normalized spacial score (nSPS) is 20.0. The average molecular weight is 341 g/mol. The Balaban J connectivity index is 1.78. The second-order valence-electron chi connectivity index (χ2n) is 7.20. The van der Waals surface area contributed by atoms with E-state index in [-0.39, 0.29) is 5.92 Å². The maximum absolute atomic E-state index is 10.4. The van der Waals surface area contributed by atoms with Gasteiger partial charge in [-0.3, -0.25) is 0 Å². The molecule has 0 spiro atoms. The number of aryl methyl sites for hydroxylation is 1. The summed E-state index contributed by atoms with van der Waals surface area (Å²) in [5.41, 5.74) is 1.59. The van der Waals surface area contributed by atoms with Crippen molar-refractivity contribution < 1.29 is 0 Å². The van der Waals surface area contributed by atoms with E-state index in [0.717, 1.165) is 36.2 Å². The standard InChI is InChI=1S/C23H23N3/c1-18-25-14-15-26(18)22-13-12-21(16-22)23(17-24,19-8-4-2-5-9-19)20-10-6-3-7-11-20/h2-11,14-15,21-22H,12-13,16H2,1H3. The van der Waals surface area contributed by atoms with Gasteiger partial charge in [-0.2, -0.15) is 5.26 Å². The molecule has 0 saturated heterocycles. The Kier molecular flexibility index (Phi) is 4.34. The predicted octanol–water partition coefficient (Wildman–Crippen LogP) is 5.04. The molecule has 2 unspecified atom stereocenters. The van der Waals surface area contributed by atoms with Crippen LogP contribution in [0.5, 0.6) is 0 Å². The van der Waals surface area contributed by atoms with E-state index in [1.807, 2.05) is 42.6 Å². The van der Waals surface area contributed by atoms with Gasteiger partial charge in [0.1, 0.15) is 11.2 Å². The molecule has 1 aliphatic rings. The fourth-order valence-electron chi connectivity index (χ4n) is 4.64. The first kappa shape index (κ1) is 16.6. The Hall–Kier alpha value is -2.86. The Labute approximate surface area is 154 Å². The Morgan fingerprint density at radius 3 is 2.12 bits per heavy atom. The van der Waals surface area contributed by atoms with E-state index in [9.17, 15) is 5.26 Å². The van der Waals surface area contributed by atoms with Crippen LogP contribution < -0.4 is 0 Å². The summed E-state index contributed by atoms with van der Waals surface area (Å²) < 4.78 is 2.28. The van der Waals surface area contributed by atoms with E-state index in [2.05, 4.69) is 53.0 Å². The second kappa shape index (κ2) is 6.80. The summed E-state index contributed by atoms with van der Waals surface area (Å²) in [5, 5.41) is 10.4. The zero-order valence-corrected chi connectivity index (χ0v) is 15.0. The minimum absolute atomic E-state index is 0.282. The van der Waals surface area contributed by atoms with Crippen molar-refractivity contribution in [1.82, 2.24) is 9.55 Å². The zero-order chi connectivity index (χ0) is 18.0. The first-order valence-corrected chi connectivity index (χ1v) is 9.27. The molecule has 0 bridgehead atoms. The van der Waals surface area contributed by atoms with E-state index in [4.69, 9.17) is 0 Å². The zero-order valence-electron chi connectivity index (χ0n) is 15.0. The molecule has 0 aliphatic heterocycles. The van der Waals surface area contributed by atoms with Crippen LogP contribution in [-0.2, 0) is 5.41 Å². The third-order valence-electron chi connectivity index (χ3n) is 5.91. The highest BCUT2D eigenvalue weighted by atomic mass is 15.1. The van der Waals surface area contributed by atoms with Crippen LogP contribution in [-0.4, -0.2) is 9.55 Å². The van der Waals surface area contributed by atoms with Crippen molar-refractivity contribution in [3.05, 3.63) is 90.0 Å². The van der Waals surface area contributed by atoms with E-state index in [0.29, 0.717) is 6.04 Å². The minimum Gasteiger partial charge on any atom is -0.332 e. The fourth-order valence-corrected chi connectivity index (χ4v) is 4.64. The molecule has 2 atom stereocenters. The molecule has 0 amide bonds. The van der Waals surface area contributed by atoms with E-state index in [1.165, 1.54) is 0 Å². The lowest BCUT2D eigenvalue weighted by molar-refractivity contribution is 0.380. The van der Waals surface area contributed by atoms with Crippen LogP contribution >= 0.6 is 0 Å². The van der Waals surface area contributed by atoms with Crippen molar-refractivity contribution in [3.8, 4) is 6.07 Å². The molecular formula is C23H23N3. The quantitative estimate of drug-likeness (QED) is 0.667. The van der Waals surface area contributed by atoms with Crippen molar-refractivity contribution in [2.24, 2.45) is 5.92 Å². The average Bonchev–Trinajstić information content (AvgIpc) is 3.34. The first-order chi connectivity index (χ1) is 12.8. The Bertz CT molecular complexity index is 866. The van der Waals surface area contributed by atoms with Crippen molar-refractivity contribution in [2.75, 3.05) is 0 Å². The summed E-state index contributed by atoms with van der Waals surface area (Å²) in [5.74, 6) is 1.33. The number of benzene rings is 2. The number of hydrogen-bond donors (Lipinski definition) is 0. The van der Waals surface area contributed by atoms with Crippen LogP contribution in [0.1, 0.15) is 42.3 Å². The minimum atomic E-state index is -0.605. The van der Waals surface area contributed by atoms with Crippen LogP contribution in [0.25, 0.3) is 0 Å². The van der Waals surface area contributed by atoms with Gasteiger partial charge in [0, 0.05) is 18.4 Å². The molecule has 0 radical (unpaired) electrons. The molecule has 3 heteroatoms. The molecule has 1 aliphatic carbocycles. The number of nitrogens with zero attached hydrogens (tertiary/aromatic N) is 3. The lowest BCUT2D eigenvalue weighted by atomic mass is 9.66. The van der Waals surface area contributed by atoms with Crippen LogP contribution in [0, 0.1) is 24.2 Å². The number of aromatic nitrogens is 2. The van der Waals surface area contributed by atoms with Gasteiger partial charge in [-0.15, -0.1) is 0 Å². The second-order valence-corrected chi connectivity index (χ2v) is 7.20. The van der Waals surface area contributed by atoms with E-state index < -0.39 is 5.41 Å². The molecule has 1 heterocycles. The van der Waals surface area contributed by atoms with Gasteiger partial charge in [0.25, 0.3) is 0 Å². The molecule has 3 nitrogen and oxygen atoms in total. The van der Waals surface area contributed by atoms with Crippen molar-refractivity contribution in [2.45, 2.75) is 37.6 Å². The highest BCUT2D eigenvalue weighted by Crippen LogP contribution is 2.49. The molecule has 3 aromatic rings. The smallest absolute Gasteiger partial charge is 0.110 e. The van der Waals surface area contributed by atoms with Gasteiger partial charge >= 0.3 is 0 Å². The monoisotopic (exact) mass is 341 g/mol. The molecule has 2 aromatic carbocycles. The summed E-state index contributed by atoms with van der Waals surface area (Å²) in [6.45, 7) is 2.05. The van der Waals surface area contributed by atoms with E-state index >= 15 is 0 Å². The molecule has 1 fully saturated rings. The highest BCUT2D eigenvalue weighted by molar-refractivity contribution is 5.47. The van der Waals surface area contributed by atoms with Gasteiger partial charge < -0.3 is 4.57 Å². The molecule has 0 N–H and O–H groups in total. The van der Waals surface area contributed by atoms with Gasteiger partial charge in [0.05, 0.1) is 6.07 Å². The summed E-state index contributed by atoms with van der Waals surface area (Å²) in [6.07, 6.45) is 7.06. The third kappa shape index (κ3) is 2.63. The summed E-state index contributed by atoms with van der Waals surface area (Å²) in [7, 11) is 0. The molecule has 1 aromatic heterocycles. The maximum atomic E-state index is 10.4. The Morgan fingerprint density at radius 1 is 1.00 bits per heavy atom. The molecule has 26 heavy (non-hydrogen) atoms. The highest BCUT2D eigenvalue weighted by Gasteiger charge is 2.46. The largest absolute Gasteiger partial charge is 0.332 e.